The first-order chi connectivity index (χ1) is 8.63. The van der Waals surface area contributed by atoms with Crippen LogP contribution in [0.4, 0.5) is 0 Å². The summed E-state index contributed by atoms with van der Waals surface area (Å²) in [7, 11) is 1.56. The van der Waals surface area contributed by atoms with Crippen LogP contribution in [-0.4, -0.2) is 18.0 Å². The standard InChI is InChI=1S/C11H11BrN2O2S2/c1-6-8(12)9(16-2)10(18-6)11(15)13-3-7-4-17-5-14-7/h4-5H,3H2,1-2H3,(H,13,15). The third-order valence-corrected chi connectivity index (χ3v) is 5.23. The van der Waals surface area contributed by atoms with Gasteiger partial charge in [0.25, 0.3) is 5.91 Å². The van der Waals surface area contributed by atoms with Gasteiger partial charge in [-0.1, -0.05) is 0 Å². The molecule has 0 aliphatic heterocycles. The Kier molecular flexibility index (Phi) is 4.36. The molecule has 0 aliphatic carbocycles. The van der Waals surface area contributed by atoms with E-state index in [2.05, 4.69) is 26.2 Å². The number of carbonyl (C=O) groups is 1. The maximum atomic E-state index is 12.1. The Balaban J connectivity index is 2.11. The predicted octanol–water partition coefficient (Wildman–Crippen LogP) is 3.21. The summed E-state index contributed by atoms with van der Waals surface area (Å²) in [5.74, 6) is 0.451. The van der Waals surface area contributed by atoms with Crippen LogP contribution in [0.5, 0.6) is 5.75 Å². The lowest BCUT2D eigenvalue weighted by Gasteiger charge is -2.04. The van der Waals surface area contributed by atoms with Crippen LogP contribution in [-0.2, 0) is 6.54 Å². The predicted molar refractivity (Wildman–Crippen MR) is 76.6 cm³/mol. The number of methoxy groups -OCH3 is 1. The summed E-state index contributed by atoms with van der Waals surface area (Å²) in [6.07, 6.45) is 0. The number of hydrogen-bond donors (Lipinski definition) is 1. The molecule has 96 valence electrons. The Bertz CT molecular complexity index is 552. The number of aryl methyl sites for hydroxylation is 1. The number of hydrogen-bond acceptors (Lipinski definition) is 5. The lowest BCUT2D eigenvalue weighted by atomic mass is 10.3. The summed E-state index contributed by atoms with van der Waals surface area (Å²) in [6.45, 7) is 2.37. The molecule has 2 aromatic rings. The second-order valence-electron chi connectivity index (χ2n) is 3.50. The molecule has 2 heterocycles. The first-order valence-corrected chi connectivity index (χ1v) is 7.67. The number of carbonyl (C=O) groups excluding carboxylic acids is 1. The Morgan fingerprint density at radius 2 is 2.39 bits per heavy atom. The minimum atomic E-state index is -0.140. The van der Waals surface area contributed by atoms with Crippen LogP contribution in [0.3, 0.4) is 0 Å². The zero-order valence-corrected chi connectivity index (χ0v) is 13.0. The molecule has 1 N–H and O–H groups in total. The van der Waals surface area contributed by atoms with Crippen molar-refractivity contribution in [2.45, 2.75) is 13.5 Å². The molecule has 0 spiro atoms. The Morgan fingerprint density at radius 1 is 1.61 bits per heavy atom. The van der Waals surface area contributed by atoms with Crippen LogP contribution < -0.4 is 10.1 Å². The van der Waals surface area contributed by atoms with Gasteiger partial charge in [0.2, 0.25) is 0 Å². The van der Waals surface area contributed by atoms with Gasteiger partial charge in [0.15, 0.2) is 5.75 Å². The molecule has 0 radical (unpaired) electrons. The molecular weight excluding hydrogens is 336 g/mol. The molecule has 0 atom stereocenters. The van der Waals surface area contributed by atoms with Gasteiger partial charge in [-0.05, 0) is 22.9 Å². The zero-order valence-electron chi connectivity index (χ0n) is 9.82. The summed E-state index contributed by atoms with van der Waals surface area (Å²) in [6, 6.07) is 0. The molecule has 1 amide bonds. The molecule has 0 aromatic carbocycles. The molecule has 2 aromatic heterocycles. The van der Waals surface area contributed by atoms with Gasteiger partial charge in [-0.25, -0.2) is 4.98 Å². The van der Waals surface area contributed by atoms with Crippen LogP contribution in [0.2, 0.25) is 0 Å². The highest BCUT2D eigenvalue weighted by Crippen LogP contribution is 2.38. The van der Waals surface area contributed by atoms with E-state index in [1.165, 1.54) is 22.7 Å². The van der Waals surface area contributed by atoms with Crippen molar-refractivity contribution in [3.05, 3.63) is 30.8 Å². The van der Waals surface area contributed by atoms with Crippen LogP contribution in [0.1, 0.15) is 20.2 Å². The maximum Gasteiger partial charge on any atom is 0.265 e. The van der Waals surface area contributed by atoms with Gasteiger partial charge in [-0.2, -0.15) is 0 Å². The molecule has 0 bridgehead atoms. The van der Waals surface area contributed by atoms with Gasteiger partial charge in [0.05, 0.1) is 29.3 Å². The molecule has 7 heteroatoms. The number of aromatic nitrogens is 1. The number of nitrogens with one attached hydrogen (secondary N) is 1. The summed E-state index contributed by atoms with van der Waals surface area (Å²) in [5, 5.41) is 4.74. The monoisotopic (exact) mass is 346 g/mol. The largest absolute Gasteiger partial charge is 0.494 e. The molecule has 18 heavy (non-hydrogen) atoms. The third-order valence-electron chi connectivity index (χ3n) is 2.29. The lowest BCUT2D eigenvalue weighted by Crippen LogP contribution is -2.22. The smallest absolute Gasteiger partial charge is 0.265 e. The van der Waals surface area contributed by atoms with E-state index in [0.717, 1.165) is 15.0 Å². The molecule has 0 saturated carbocycles. The van der Waals surface area contributed by atoms with Crippen molar-refractivity contribution >= 4 is 44.5 Å². The average Bonchev–Trinajstić information content (AvgIpc) is 2.96. The highest BCUT2D eigenvalue weighted by molar-refractivity contribution is 9.10. The van der Waals surface area contributed by atoms with Crippen LogP contribution in [0.25, 0.3) is 0 Å². The third kappa shape index (κ3) is 2.73. The fraction of sp³-hybridized carbons (Fsp3) is 0.273. The molecule has 0 aliphatic rings. The Labute approximate surface area is 121 Å². The normalized spacial score (nSPS) is 10.4. The van der Waals surface area contributed by atoms with Gasteiger partial charge >= 0.3 is 0 Å². The zero-order chi connectivity index (χ0) is 13.1. The van der Waals surface area contributed by atoms with E-state index in [1.807, 2.05) is 12.3 Å². The van der Waals surface area contributed by atoms with Crippen molar-refractivity contribution < 1.29 is 9.53 Å². The number of rotatable bonds is 4. The molecular formula is C11H11BrN2O2S2. The topological polar surface area (TPSA) is 51.2 Å². The van der Waals surface area contributed by atoms with Crippen molar-refractivity contribution in [3.63, 3.8) is 0 Å². The fourth-order valence-electron chi connectivity index (χ4n) is 1.41. The summed E-state index contributed by atoms with van der Waals surface area (Å²) < 4.78 is 6.09. The quantitative estimate of drug-likeness (QED) is 0.924. The minimum absolute atomic E-state index is 0.140. The van der Waals surface area contributed by atoms with Crippen LogP contribution in [0, 0.1) is 6.92 Å². The molecule has 2 rings (SSSR count). The van der Waals surface area contributed by atoms with E-state index in [0.29, 0.717) is 17.2 Å². The summed E-state index contributed by atoms with van der Waals surface area (Å²) in [4.78, 5) is 17.8. The van der Waals surface area contributed by atoms with E-state index < -0.39 is 0 Å². The second-order valence-corrected chi connectivity index (χ2v) is 6.23. The van der Waals surface area contributed by atoms with E-state index in [9.17, 15) is 4.79 Å². The number of ether oxygens (including phenoxy) is 1. The highest BCUT2D eigenvalue weighted by Gasteiger charge is 2.20. The first-order valence-electron chi connectivity index (χ1n) is 5.11. The van der Waals surface area contributed by atoms with Gasteiger partial charge in [0.1, 0.15) is 4.88 Å². The van der Waals surface area contributed by atoms with Crippen molar-refractivity contribution in [3.8, 4) is 5.75 Å². The molecule has 0 fully saturated rings. The van der Waals surface area contributed by atoms with E-state index in [-0.39, 0.29) is 5.91 Å². The van der Waals surface area contributed by atoms with E-state index in [1.54, 1.807) is 12.6 Å². The van der Waals surface area contributed by atoms with E-state index >= 15 is 0 Å². The van der Waals surface area contributed by atoms with Gasteiger partial charge in [-0.3, -0.25) is 4.79 Å². The fourth-order valence-corrected chi connectivity index (χ4v) is 3.64. The van der Waals surface area contributed by atoms with Crippen LogP contribution >= 0.6 is 38.6 Å². The van der Waals surface area contributed by atoms with Gasteiger partial charge in [0, 0.05) is 10.3 Å². The SMILES string of the molecule is COc1c(C(=O)NCc2cscn2)sc(C)c1Br. The van der Waals surface area contributed by atoms with Crippen molar-refractivity contribution in [1.29, 1.82) is 0 Å². The number of thiazole rings is 1. The molecule has 0 saturated heterocycles. The van der Waals surface area contributed by atoms with Crippen molar-refractivity contribution in [1.82, 2.24) is 10.3 Å². The number of amides is 1. The van der Waals surface area contributed by atoms with Gasteiger partial charge < -0.3 is 10.1 Å². The highest BCUT2D eigenvalue weighted by atomic mass is 79.9. The lowest BCUT2D eigenvalue weighted by molar-refractivity contribution is 0.0952. The Hall–Kier alpha value is -0.920. The number of thiophene rings is 1. The number of halogens is 1. The maximum absolute atomic E-state index is 12.1. The number of nitrogens with zero attached hydrogens (tertiary/aromatic N) is 1. The first kappa shape index (κ1) is 13.5. The van der Waals surface area contributed by atoms with Gasteiger partial charge in [-0.15, -0.1) is 22.7 Å². The van der Waals surface area contributed by atoms with Crippen molar-refractivity contribution in [2.24, 2.45) is 0 Å². The van der Waals surface area contributed by atoms with E-state index in [4.69, 9.17) is 4.74 Å². The van der Waals surface area contributed by atoms with Crippen LogP contribution in [0.15, 0.2) is 15.4 Å². The molecule has 4 nitrogen and oxygen atoms in total. The second kappa shape index (κ2) is 5.81. The summed E-state index contributed by atoms with van der Waals surface area (Å²) >= 11 is 6.33. The average molecular weight is 347 g/mol. The summed E-state index contributed by atoms with van der Waals surface area (Å²) in [5.41, 5.74) is 2.60. The molecule has 0 unspecified atom stereocenters. The Morgan fingerprint density at radius 3 is 3.00 bits per heavy atom. The van der Waals surface area contributed by atoms with Crippen molar-refractivity contribution in [2.75, 3.05) is 7.11 Å². The minimum Gasteiger partial charge on any atom is -0.494 e.